The van der Waals surface area contributed by atoms with Crippen LogP contribution in [0.3, 0.4) is 0 Å². The van der Waals surface area contributed by atoms with E-state index in [2.05, 4.69) is 5.32 Å². The predicted octanol–water partition coefficient (Wildman–Crippen LogP) is 2.11. The first kappa shape index (κ1) is 11.7. The zero-order valence-corrected chi connectivity index (χ0v) is 10.8. The van der Waals surface area contributed by atoms with Crippen molar-refractivity contribution in [1.29, 1.82) is 0 Å². The first-order chi connectivity index (χ1) is 8.63. The van der Waals surface area contributed by atoms with Crippen LogP contribution in [0.25, 0.3) is 0 Å². The van der Waals surface area contributed by atoms with Gasteiger partial charge in [0.2, 0.25) is 5.91 Å². The lowest BCUT2D eigenvalue weighted by Gasteiger charge is -2.25. The summed E-state index contributed by atoms with van der Waals surface area (Å²) in [7, 11) is 0. The highest BCUT2D eigenvalue weighted by atomic mass is 32.1. The Morgan fingerprint density at radius 3 is 2.89 bits per heavy atom. The molecule has 2 N–H and O–H groups in total. The third-order valence-corrected chi connectivity index (χ3v) is 4.95. The summed E-state index contributed by atoms with van der Waals surface area (Å²) in [6.07, 6.45) is 3.97. The van der Waals surface area contributed by atoms with Crippen LogP contribution in [0.2, 0.25) is 0 Å². The molecule has 0 spiro atoms. The summed E-state index contributed by atoms with van der Waals surface area (Å²) in [5.74, 6) is -1.29. The molecule has 1 saturated carbocycles. The number of nitrogens with one attached hydrogen (secondary N) is 1. The molecule has 1 atom stereocenters. The van der Waals surface area contributed by atoms with Gasteiger partial charge < -0.3 is 10.4 Å². The van der Waals surface area contributed by atoms with Crippen LogP contribution in [0.4, 0.5) is 0 Å². The van der Waals surface area contributed by atoms with E-state index in [1.165, 1.54) is 10.4 Å². The predicted molar refractivity (Wildman–Crippen MR) is 67.4 cm³/mol. The number of hydrogen-bond acceptors (Lipinski definition) is 3. The molecule has 1 amide bonds. The van der Waals surface area contributed by atoms with E-state index in [1.54, 1.807) is 11.3 Å². The monoisotopic (exact) mass is 265 g/mol. The molecule has 18 heavy (non-hydrogen) atoms. The molecule has 1 fully saturated rings. The lowest BCUT2D eigenvalue weighted by molar-refractivity contribution is -0.149. The van der Waals surface area contributed by atoms with Crippen LogP contribution in [-0.4, -0.2) is 17.0 Å². The molecule has 0 aliphatic heterocycles. The number of carboxylic acids is 1. The number of aryl methyl sites for hydroxylation is 1. The summed E-state index contributed by atoms with van der Waals surface area (Å²) in [6, 6.07) is 2.05. The summed E-state index contributed by atoms with van der Waals surface area (Å²) in [5.41, 5.74) is 0.0500. The summed E-state index contributed by atoms with van der Waals surface area (Å²) in [5, 5.41) is 14.1. The van der Waals surface area contributed by atoms with Gasteiger partial charge in [-0.1, -0.05) is 0 Å². The van der Waals surface area contributed by atoms with E-state index in [9.17, 15) is 9.59 Å². The molecule has 3 rings (SSSR count). The highest BCUT2D eigenvalue weighted by Gasteiger charge is 2.57. The van der Waals surface area contributed by atoms with Crippen molar-refractivity contribution in [1.82, 2.24) is 5.32 Å². The van der Waals surface area contributed by atoms with Gasteiger partial charge >= 0.3 is 5.97 Å². The number of carbonyl (C=O) groups excluding carboxylic acids is 1. The Morgan fingerprint density at radius 1 is 1.44 bits per heavy atom. The summed E-state index contributed by atoms with van der Waals surface area (Å²) in [6.45, 7) is 0. The third kappa shape index (κ3) is 1.73. The topological polar surface area (TPSA) is 66.4 Å². The number of hydrogen-bond donors (Lipinski definition) is 2. The van der Waals surface area contributed by atoms with Crippen molar-refractivity contribution in [2.45, 2.75) is 38.1 Å². The molecule has 1 unspecified atom stereocenters. The standard InChI is InChI=1S/C13H15NO3S/c15-11(13(5-6-13)12(16)17)14-9-2-1-3-10-8(9)4-7-18-10/h4,7,9H,1-3,5-6H2,(H,14,15)(H,16,17). The zero-order chi connectivity index (χ0) is 12.8. The minimum Gasteiger partial charge on any atom is -0.480 e. The van der Waals surface area contributed by atoms with Gasteiger partial charge in [-0.05, 0) is 49.1 Å². The smallest absolute Gasteiger partial charge is 0.319 e. The van der Waals surface area contributed by atoms with Gasteiger partial charge in [-0.15, -0.1) is 11.3 Å². The molecule has 96 valence electrons. The Morgan fingerprint density at radius 2 is 2.22 bits per heavy atom. The lowest BCUT2D eigenvalue weighted by Crippen LogP contribution is -2.39. The lowest BCUT2D eigenvalue weighted by atomic mass is 9.93. The fourth-order valence-electron chi connectivity index (χ4n) is 2.60. The number of carbonyl (C=O) groups is 2. The van der Waals surface area contributed by atoms with Gasteiger partial charge in [-0.25, -0.2) is 0 Å². The van der Waals surface area contributed by atoms with Crippen LogP contribution >= 0.6 is 11.3 Å². The summed E-state index contributed by atoms with van der Waals surface area (Å²) < 4.78 is 0. The van der Waals surface area contributed by atoms with Crippen molar-refractivity contribution in [3.05, 3.63) is 21.9 Å². The van der Waals surface area contributed by atoms with Gasteiger partial charge in [-0.3, -0.25) is 9.59 Å². The van der Waals surface area contributed by atoms with Gasteiger partial charge in [0.15, 0.2) is 0 Å². The molecule has 2 aliphatic carbocycles. The molecule has 1 aromatic heterocycles. The van der Waals surface area contributed by atoms with E-state index in [0.717, 1.165) is 19.3 Å². The highest BCUT2D eigenvalue weighted by molar-refractivity contribution is 7.10. The molecule has 0 radical (unpaired) electrons. The number of rotatable bonds is 3. The zero-order valence-electron chi connectivity index (χ0n) is 9.94. The number of fused-ring (bicyclic) bond motifs is 1. The van der Waals surface area contributed by atoms with Crippen molar-refractivity contribution in [2.75, 3.05) is 0 Å². The Labute approximate surface area is 109 Å². The van der Waals surface area contributed by atoms with E-state index in [1.807, 2.05) is 11.4 Å². The minimum absolute atomic E-state index is 0.00400. The molecule has 0 bridgehead atoms. The average molecular weight is 265 g/mol. The molecular weight excluding hydrogens is 250 g/mol. The van der Waals surface area contributed by atoms with Crippen molar-refractivity contribution < 1.29 is 14.7 Å². The van der Waals surface area contributed by atoms with Crippen LogP contribution in [0.5, 0.6) is 0 Å². The molecule has 1 heterocycles. The number of thiophene rings is 1. The van der Waals surface area contributed by atoms with Crippen LogP contribution in [0.1, 0.15) is 42.2 Å². The van der Waals surface area contributed by atoms with Crippen LogP contribution in [0, 0.1) is 5.41 Å². The largest absolute Gasteiger partial charge is 0.480 e. The second-order valence-corrected chi connectivity index (χ2v) is 6.11. The average Bonchev–Trinajstić information content (AvgIpc) is 3.02. The third-order valence-electron chi connectivity index (χ3n) is 3.95. The maximum Gasteiger partial charge on any atom is 0.319 e. The van der Waals surface area contributed by atoms with Crippen LogP contribution < -0.4 is 5.32 Å². The quantitative estimate of drug-likeness (QED) is 0.823. The second kappa shape index (κ2) is 4.09. The van der Waals surface area contributed by atoms with E-state index < -0.39 is 11.4 Å². The highest BCUT2D eigenvalue weighted by Crippen LogP contribution is 2.47. The summed E-state index contributed by atoms with van der Waals surface area (Å²) >= 11 is 1.72. The Bertz CT molecular complexity index is 504. The minimum atomic E-state index is -1.13. The van der Waals surface area contributed by atoms with Crippen molar-refractivity contribution in [3.63, 3.8) is 0 Å². The fraction of sp³-hybridized carbons (Fsp3) is 0.538. The van der Waals surface area contributed by atoms with E-state index in [0.29, 0.717) is 12.8 Å². The van der Waals surface area contributed by atoms with Gasteiger partial charge in [0.25, 0.3) is 0 Å². The number of amides is 1. The molecule has 2 aliphatic rings. The molecule has 0 aromatic carbocycles. The van der Waals surface area contributed by atoms with E-state index in [4.69, 9.17) is 5.11 Å². The van der Waals surface area contributed by atoms with Crippen LogP contribution in [-0.2, 0) is 16.0 Å². The first-order valence-electron chi connectivity index (χ1n) is 6.24. The van der Waals surface area contributed by atoms with Gasteiger partial charge in [0.1, 0.15) is 5.41 Å². The maximum atomic E-state index is 12.1. The molecule has 0 saturated heterocycles. The van der Waals surface area contributed by atoms with Gasteiger partial charge in [0, 0.05) is 4.88 Å². The Balaban J connectivity index is 1.76. The van der Waals surface area contributed by atoms with Crippen molar-refractivity contribution >= 4 is 23.2 Å². The number of carboxylic acid groups (broad SMARTS) is 1. The van der Waals surface area contributed by atoms with E-state index in [-0.39, 0.29) is 11.9 Å². The second-order valence-electron chi connectivity index (χ2n) is 5.10. The fourth-order valence-corrected chi connectivity index (χ4v) is 3.58. The SMILES string of the molecule is O=C(O)C1(C(=O)NC2CCCc3sccc32)CC1. The Kier molecular flexibility index (Phi) is 2.66. The van der Waals surface area contributed by atoms with Crippen molar-refractivity contribution in [2.24, 2.45) is 5.41 Å². The van der Waals surface area contributed by atoms with Crippen LogP contribution in [0.15, 0.2) is 11.4 Å². The number of aliphatic carboxylic acids is 1. The van der Waals surface area contributed by atoms with Gasteiger partial charge in [-0.2, -0.15) is 0 Å². The molecule has 4 nitrogen and oxygen atoms in total. The first-order valence-corrected chi connectivity index (χ1v) is 7.12. The molecular formula is C13H15NO3S. The molecule has 5 heteroatoms. The maximum absolute atomic E-state index is 12.1. The van der Waals surface area contributed by atoms with Gasteiger partial charge in [0.05, 0.1) is 6.04 Å². The Hall–Kier alpha value is -1.36. The normalized spacial score (nSPS) is 24.1. The van der Waals surface area contributed by atoms with Crippen molar-refractivity contribution in [3.8, 4) is 0 Å². The summed E-state index contributed by atoms with van der Waals surface area (Å²) in [4.78, 5) is 24.5. The molecule has 1 aromatic rings. The van der Waals surface area contributed by atoms with E-state index >= 15 is 0 Å².